The molecule has 0 aliphatic heterocycles. The number of aryl methyl sites for hydroxylation is 1. The largest absolute Gasteiger partial charge is 0.351 e. The first-order chi connectivity index (χ1) is 7.86. The smallest absolute Gasteiger partial charge is 0.0923 e. The first kappa shape index (κ1) is 9.91. The van der Waals surface area contributed by atoms with Gasteiger partial charge in [-0.3, -0.25) is 0 Å². The number of imidazole rings is 1. The topological polar surface area (TPSA) is 28.7 Å². The van der Waals surface area contributed by atoms with E-state index in [2.05, 4.69) is 16.0 Å². The average molecular weight is 233 g/mol. The molecule has 0 saturated heterocycles. The molecule has 1 aromatic heterocycles. The van der Waals surface area contributed by atoms with Gasteiger partial charge in [0, 0.05) is 17.1 Å². The Hall–Kier alpha value is -1.28. The van der Waals surface area contributed by atoms with Crippen LogP contribution < -0.4 is 0 Å². The van der Waals surface area contributed by atoms with Crippen molar-refractivity contribution in [2.75, 3.05) is 0 Å². The Bertz CT molecular complexity index is 491. The number of aromatic amines is 1. The number of nitrogens with zero attached hydrogens (tertiary/aromatic N) is 1. The number of aromatic nitrogens is 2. The van der Waals surface area contributed by atoms with Gasteiger partial charge in [-0.25, -0.2) is 4.98 Å². The van der Waals surface area contributed by atoms with Gasteiger partial charge in [-0.1, -0.05) is 23.7 Å². The summed E-state index contributed by atoms with van der Waals surface area (Å²) in [5, 5.41) is 0.880. The van der Waals surface area contributed by atoms with Crippen LogP contribution in [0, 0.1) is 0 Å². The zero-order chi connectivity index (χ0) is 11.0. The maximum atomic E-state index is 6.32. The molecule has 0 bridgehead atoms. The first-order valence-electron chi connectivity index (χ1n) is 5.62. The third-order valence-corrected chi connectivity index (χ3v) is 3.64. The van der Waals surface area contributed by atoms with Crippen LogP contribution in [0.3, 0.4) is 0 Å². The Labute approximate surface area is 99.7 Å². The Kier molecular flexibility index (Phi) is 2.44. The van der Waals surface area contributed by atoms with Crippen LogP contribution in [0.1, 0.15) is 35.6 Å². The summed E-state index contributed by atoms with van der Waals surface area (Å²) < 4.78 is 0. The lowest BCUT2D eigenvalue weighted by atomic mass is 9.81. The van der Waals surface area contributed by atoms with E-state index in [9.17, 15) is 0 Å². The molecule has 3 heteroatoms. The minimum Gasteiger partial charge on any atom is -0.351 e. The number of nitrogens with one attached hydrogen (secondary N) is 1. The second-order valence-electron chi connectivity index (χ2n) is 4.25. The Morgan fingerprint density at radius 2 is 2.31 bits per heavy atom. The highest BCUT2D eigenvalue weighted by Gasteiger charge is 2.25. The first-order valence-corrected chi connectivity index (χ1v) is 6.00. The molecule has 2 aromatic rings. The fourth-order valence-electron chi connectivity index (χ4n) is 2.59. The van der Waals surface area contributed by atoms with Crippen molar-refractivity contribution in [1.82, 2.24) is 9.97 Å². The number of hydrogen-bond donors (Lipinski definition) is 1. The predicted octanol–water partition coefficient (Wildman–Crippen LogP) is 3.53. The number of halogens is 1. The van der Waals surface area contributed by atoms with Crippen molar-refractivity contribution in [1.29, 1.82) is 0 Å². The summed E-state index contributed by atoms with van der Waals surface area (Å²) in [4.78, 5) is 7.39. The summed E-state index contributed by atoms with van der Waals surface area (Å²) in [6, 6.07) is 6.19. The molecule has 82 valence electrons. The minimum atomic E-state index is 0.365. The molecule has 1 aliphatic carbocycles. The lowest BCUT2D eigenvalue weighted by Crippen LogP contribution is -2.11. The maximum Gasteiger partial charge on any atom is 0.0923 e. The second kappa shape index (κ2) is 3.95. The van der Waals surface area contributed by atoms with Gasteiger partial charge in [0.05, 0.1) is 12.0 Å². The zero-order valence-electron chi connectivity index (χ0n) is 8.91. The van der Waals surface area contributed by atoms with Crippen LogP contribution >= 0.6 is 11.6 Å². The van der Waals surface area contributed by atoms with Crippen molar-refractivity contribution in [2.24, 2.45) is 0 Å². The van der Waals surface area contributed by atoms with Crippen molar-refractivity contribution in [3.63, 3.8) is 0 Å². The molecule has 1 atom stereocenters. The van der Waals surface area contributed by atoms with Gasteiger partial charge in [0.1, 0.15) is 0 Å². The molecule has 1 unspecified atom stereocenters. The van der Waals surface area contributed by atoms with Crippen molar-refractivity contribution >= 4 is 11.6 Å². The summed E-state index contributed by atoms with van der Waals surface area (Å²) in [6.45, 7) is 0. The average Bonchev–Trinajstić information content (AvgIpc) is 2.82. The summed E-state index contributed by atoms with van der Waals surface area (Å²) in [5.41, 5.74) is 3.77. The van der Waals surface area contributed by atoms with E-state index in [0.717, 1.165) is 23.6 Å². The molecule has 16 heavy (non-hydrogen) atoms. The van der Waals surface area contributed by atoms with Gasteiger partial charge < -0.3 is 4.98 Å². The number of benzene rings is 1. The van der Waals surface area contributed by atoms with Crippen LogP contribution in [0.15, 0.2) is 30.7 Å². The standard InChI is InChI=1S/C13H13ClN2/c14-11-6-2-4-9-3-1-5-10(13(9)11)12-7-15-8-16-12/h2,4,6-8,10H,1,3,5H2,(H,15,16). The highest BCUT2D eigenvalue weighted by atomic mass is 35.5. The third kappa shape index (κ3) is 1.54. The van der Waals surface area contributed by atoms with Crippen LogP contribution in [0.2, 0.25) is 5.02 Å². The summed E-state index contributed by atoms with van der Waals surface area (Å²) in [5.74, 6) is 0.365. The zero-order valence-corrected chi connectivity index (χ0v) is 9.67. The van der Waals surface area contributed by atoms with E-state index in [-0.39, 0.29) is 0 Å². The predicted molar refractivity (Wildman–Crippen MR) is 64.8 cm³/mol. The Morgan fingerprint density at radius 3 is 3.12 bits per heavy atom. The van der Waals surface area contributed by atoms with Gasteiger partial charge in [0.2, 0.25) is 0 Å². The molecule has 0 amide bonds. The van der Waals surface area contributed by atoms with E-state index < -0.39 is 0 Å². The van der Waals surface area contributed by atoms with E-state index in [1.807, 2.05) is 18.3 Å². The minimum absolute atomic E-state index is 0.365. The molecular formula is C13H13ClN2. The summed E-state index contributed by atoms with van der Waals surface area (Å²) >= 11 is 6.32. The van der Waals surface area contributed by atoms with E-state index >= 15 is 0 Å². The van der Waals surface area contributed by atoms with Crippen LogP contribution in [0.25, 0.3) is 0 Å². The lowest BCUT2D eigenvalue weighted by Gasteiger charge is -2.25. The van der Waals surface area contributed by atoms with Crippen molar-refractivity contribution in [3.8, 4) is 0 Å². The second-order valence-corrected chi connectivity index (χ2v) is 4.66. The number of fused-ring (bicyclic) bond motifs is 1. The van der Waals surface area contributed by atoms with Crippen LogP contribution in [-0.2, 0) is 6.42 Å². The van der Waals surface area contributed by atoms with Crippen molar-refractivity contribution < 1.29 is 0 Å². The maximum absolute atomic E-state index is 6.32. The summed E-state index contributed by atoms with van der Waals surface area (Å²) in [6.07, 6.45) is 7.20. The molecule has 1 aromatic carbocycles. The molecule has 1 heterocycles. The van der Waals surface area contributed by atoms with Gasteiger partial charge in [-0.05, 0) is 36.5 Å². The fourth-order valence-corrected chi connectivity index (χ4v) is 2.91. The lowest BCUT2D eigenvalue weighted by molar-refractivity contribution is 0.606. The van der Waals surface area contributed by atoms with Gasteiger partial charge in [0.15, 0.2) is 0 Å². The van der Waals surface area contributed by atoms with E-state index in [1.165, 1.54) is 17.5 Å². The van der Waals surface area contributed by atoms with Gasteiger partial charge in [-0.15, -0.1) is 0 Å². The van der Waals surface area contributed by atoms with E-state index in [0.29, 0.717) is 5.92 Å². The molecule has 0 radical (unpaired) electrons. The monoisotopic (exact) mass is 232 g/mol. The molecule has 1 N–H and O–H groups in total. The van der Waals surface area contributed by atoms with E-state index in [1.54, 1.807) is 6.33 Å². The van der Waals surface area contributed by atoms with Gasteiger partial charge in [0.25, 0.3) is 0 Å². The summed E-state index contributed by atoms with van der Waals surface area (Å²) in [7, 11) is 0. The molecule has 0 fully saturated rings. The molecule has 3 rings (SSSR count). The van der Waals surface area contributed by atoms with Gasteiger partial charge in [-0.2, -0.15) is 0 Å². The van der Waals surface area contributed by atoms with E-state index in [4.69, 9.17) is 11.6 Å². The highest BCUT2D eigenvalue weighted by Crippen LogP contribution is 2.39. The SMILES string of the molecule is Clc1cccc2c1C(c1c[nH]cn1)CCC2. The number of H-pyrrole nitrogens is 1. The van der Waals surface area contributed by atoms with Crippen molar-refractivity contribution in [3.05, 3.63) is 52.6 Å². The Morgan fingerprint density at radius 1 is 1.38 bits per heavy atom. The van der Waals surface area contributed by atoms with Gasteiger partial charge >= 0.3 is 0 Å². The van der Waals surface area contributed by atoms with Crippen LogP contribution in [0.5, 0.6) is 0 Å². The molecular weight excluding hydrogens is 220 g/mol. The Balaban J connectivity index is 2.12. The number of rotatable bonds is 1. The van der Waals surface area contributed by atoms with Crippen LogP contribution in [0.4, 0.5) is 0 Å². The molecule has 0 saturated carbocycles. The molecule has 0 spiro atoms. The molecule has 1 aliphatic rings. The molecule has 2 nitrogen and oxygen atoms in total. The normalized spacial score (nSPS) is 19.4. The highest BCUT2D eigenvalue weighted by molar-refractivity contribution is 6.31. The van der Waals surface area contributed by atoms with Crippen LogP contribution in [-0.4, -0.2) is 9.97 Å². The quantitative estimate of drug-likeness (QED) is 0.801. The fraction of sp³-hybridized carbons (Fsp3) is 0.308. The third-order valence-electron chi connectivity index (χ3n) is 3.31. The van der Waals surface area contributed by atoms with Crippen molar-refractivity contribution in [2.45, 2.75) is 25.2 Å². The number of hydrogen-bond acceptors (Lipinski definition) is 1.